The lowest BCUT2D eigenvalue weighted by atomic mass is 10.00. The van der Waals surface area contributed by atoms with Crippen LogP contribution in [0.1, 0.15) is 27.2 Å². The lowest BCUT2D eigenvalue weighted by molar-refractivity contribution is 0.0334. The second kappa shape index (κ2) is 3.99. The highest BCUT2D eigenvalue weighted by Gasteiger charge is 2.16. The lowest BCUT2D eigenvalue weighted by Gasteiger charge is -2.21. The van der Waals surface area contributed by atoms with E-state index in [-0.39, 0.29) is 6.10 Å². The predicted octanol–water partition coefficient (Wildman–Crippen LogP) is 1.22. The van der Waals surface area contributed by atoms with Crippen LogP contribution in [0.2, 0.25) is 6.82 Å². The Morgan fingerprint density at radius 1 is 1.60 bits per heavy atom. The molecule has 2 nitrogen and oxygen atoms in total. The van der Waals surface area contributed by atoms with Crippen molar-refractivity contribution in [3.05, 3.63) is 0 Å². The maximum Gasteiger partial charge on any atom is 0.289 e. The van der Waals surface area contributed by atoms with Gasteiger partial charge in [0.2, 0.25) is 0 Å². The molecule has 0 fully saturated rings. The normalized spacial score (nSPS) is 14.9. The van der Waals surface area contributed by atoms with Gasteiger partial charge in [-0.2, -0.15) is 0 Å². The molecule has 0 spiro atoms. The standard InChI is InChI=1S/C7H16BO2/c1-6(10-8-4)5-7(2,3)9/h6,9H,5H2,1-4H3. The van der Waals surface area contributed by atoms with Gasteiger partial charge in [0.05, 0.1) is 5.60 Å². The summed E-state index contributed by atoms with van der Waals surface area (Å²) in [6, 6.07) is 0. The van der Waals surface area contributed by atoms with Crippen LogP contribution >= 0.6 is 0 Å². The molecular formula is C7H16BO2. The highest BCUT2D eigenvalue weighted by atomic mass is 16.4. The minimum absolute atomic E-state index is 0.102. The molecule has 1 unspecified atom stereocenters. The number of rotatable bonds is 4. The fourth-order valence-electron chi connectivity index (χ4n) is 0.984. The van der Waals surface area contributed by atoms with Crippen LogP contribution in [0.15, 0.2) is 0 Å². The summed E-state index contributed by atoms with van der Waals surface area (Å²) in [5.74, 6) is 0. The molecule has 0 aliphatic rings. The Bertz CT molecular complexity index is 88.1. The van der Waals surface area contributed by atoms with Crippen molar-refractivity contribution in [2.24, 2.45) is 0 Å². The Morgan fingerprint density at radius 3 is 2.40 bits per heavy atom. The first-order chi connectivity index (χ1) is 4.45. The van der Waals surface area contributed by atoms with Crippen molar-refractivity contribution in [3.8, 4) is 0 Å². The minimum atomic E-state index is -0.623. The van der Waals surface area contributed by atoms with Crippen LogP contribution < -0.4 is 0 Å². The number of aliphatic hydroxyl groups is 1. The van der Waals surface area contributed by atoms with Gasteiger partial charge >= 0.3 is 0 Å². The second-order valence-electron chi connectivity index (χ2n) is 3.20. The smallest absolute Gasteiger partial charge is 0.289 e. The Morgan fingerprint density at radius 2 is 2.10 bits per heavy atom. The van der Waals surface area contributed by atoms with Crippen molar-refractivity contribution >= 4 is 7.48 Å². The largest absolute Gasteiger partial charge is 0.438 e. The van der Waals surface area contributed by atoms with Crippen LogP contribution in [-0.4, -0.2) is 24.3 Å². The Labute approximate surface area is 63.9 Å². The van der Waals surface area contributed by atoms with E-state index in [0.717, 1.165) is 0 Å². The Hall–Kier alpha value is -0.0151. The van der Waals surface area contributed by atoms with Gasteiger partial charge in [0.25, 0.3) is 7.48 Å². The Balaban J connectivity index is 3.47. The summed E-state index contributed by atoms with van der Waals surface area (Å²) >= 11 is 0. The van der Waals surface area contributed by atoms with E-state index in [0.29, 0.717) is 6.42 Å². The van der Waals surface area contributed by atoms with Gasteiger partial charge in [0.1, 0.15) is 0 Å². The maximum atomic E-state index is 9.32. The van der Waals surface area contributed by atoms with Crippen LogP contribution in [0.5, 0.6) is 0 Å². The van der Waals surface area contributed by atoms with Crippen LogP contribution in [0.25, 0.3) is 0 Å². The molecule has 0 aliphatic heterocycles. The monoisotopic (exact) mass is 143 g/mol. The molecule has 0 aromatic heterocycles. The molecule has 59 valence electrons. The van der Waals surface area contributed by atoms with Crippen molar-refractivity contribution < 1.29 is 9.76 Å². The third-order valence-electron chi connectivity index (χ3n) is 1.16. The van der Waals surface area contributed by atoms with Crippen LogP contribution in [0.4, 0.5) is 0 Å². The van der Waals surface area contributed by atoms with E-state index in [1.165, 1.54) is 0 Å². The summed E-state index contributed by atoms with van der Waals surface area (Å²) in [4.78, 5) is 0. The molecule has 3 heteroatoms. The van der Waals surface area contributed by atoms with Gasteiger partial charge in [0.15, 0.2) is 0 Å². The molecule has 0 rings (SSSR count). The van der Waals surface area contributed by atoms with Gasteiger partial charge in [-0.25, -0.2) is 0 Å². The zero-order chi connectivity index (χ0) is 8.20. The first kappa shape index (κ1) is 9.98. The molecule has 1 atom stereocenters. The average Bonchev–Trinajstić information content (AvgIpc) is 1.59. The zero-order valence-corrected chi connectivity index (χ0v) is 7.22. The maximum absolute atomic E-state index is 9.32. The van der Waals surface area contributed by atoms with Gasteiger partial charge in [-0.3, -0.25) is 0 Å². The van der Waals surface area contributed by atoms with Crippen molar-refractivity contribution in [1.29, 1.82) is 0 Å². The van der Waals surface area contributed by atoms with Gasteiger partial charge in [-0.15, -0.1) is 0 Å². The van der Waals surface area contributed by atoms with Crippen molar-refractivity contribution in [1.82, 2.24) is 0 Å². The summed E-state index contributed by atoms with van der Waals surface area (Å²) in [5, 5.41) is 9.32. The fourth-order valence-corrected chi connectivity index (χ4v) is 0.984. The topological polar surface area (TPSA) is 29.5 Å². The molecule has 0 saturated heterocycles. The molecular weight excluding hydrogens is 127 g/mol. The van der Waals surface area contributed by atoms with Crippen LogP contribution in [-0.2, 0) is 4.65 Å². The molecule has 10 heavy (non-hydrogen) atoms. The summed E-state index contributed by atoms with van der Waals surface area (Å²) in [7, 11) is 1.65. The van der Waals surface area contributed by atoms with E-state index in [1.807, 2.05) is 13.7 Å². The van der Waals surface area contributed by atoms with Gasteiger partial charge in [-0.1, -0.05) is 6.82 Å². The van der Waals surface area contributed by atoms with Gasteiger partial charge < -0.3 is 9.76 Å². The van der Waals surface area contributed by atoms with Crippen LogP contribution in [0.3, 0.4) is 0 Å². The molecule has 0 aromatic rings. The molecule has 0 aliphatic carbocycles. The predicted molar refractivity (Wildman–Crippen MR) is 43.1 cm³/mol. The molecule has 0 amide bonds. The van der Waals surface area contributed by atoms with E-state index in [1.54, 1.807) is 21.3 Å². The van der Waals surface area contributed by atoms with E-state index in [2.05, 4.69) is 0 Å². The van der Waals surface area contributed by atoms with E-state index >= 15 is 0 Å². The first-order valence-corrected chi connectivity index (χ1v) is 3.61. The molecule has 1 radical (unpaired) electrons. The summed E-state index contributed by atoms with van der Waals surface area (Å²) in [6.07, 6.45) is 0.766. The lowest BCUT2D eigenvalue weighted by Crippen LogP contribution is -2.26. The van der Waals surface area contributed by atoms with Gasteiger partial charge in [0, 0.05) is 6.10 Å². The molecule has 0 bridgehead atoms. The highest BCUT2D eigenvalue weighted by Crippen LogP contribution is 2.11. The zero-order valence-electron chi connectivity index (χ0n) is 7.22. The molecule has 1 N–H and O–H groups in total. The number of hydrogen-bond donors (Lipinski definition) is 1. The molecule has 0 saturated carbocycles. The quantitative estimate of drug-likeness (QED) is 0.599. The van der Waals surface area contributed by atoms with Crippen molar-refractivity contribution in [2.75, 3.05) is 0 Å². The summed E-state index contributed by atoms with van der Waals surface area (Å²) in [5.41, 5.74) is -0.623. The fraction of sp³-hybridized carbons (Fsp3) is 1.00. The minimum Gasteiger partial charge on any atom is -0.438 e. The summed E-state index contributed by atoms with van der Waals surface area (Å²) < 4.78 is 5.13. The molecule has 0 aromatic carbocycles. The van der Waals surface area contributed by atoms with Crippen LogP contribution in [0, 0.1) is 0 Å². The third-order valence-corrected chi connectivity index (χ3v) is 1.16. The third kappa shape index (κ3) is 6.11. The van der Waals surface area contributed by atoms with Crippen molar-refractivity contribution in [3.63, 3.8) is 0 Å². The van der Waals surface area contributed by atoms with E-state index in [4.69, 9.17) is 4.65 Å². The summed E-state index contributed by atoms with van der Waals surface area (Å²) in [6.45, 7) is 7.34. The number of hydrogen-bond acceptors (Lipinski definition) is 2. The Kier molecular flexibility index (Phi) is 3.98. The highest BCUT2D eigenvalue weighted by molar-refractivity contribution is 6.24. The van der Waals surface area contributed by atoms with E-state index in [9.17, 15) is 5.11 Å². The average molecular weight is 143 g/mol. The van der Waals surface area contributed by atoms with Gasteiger partial charge in [-0.05, 0) is 27.2 Å². The first-order valence-electron chi connectivity index (χ1n) is 3.61. The van der Waals surface area contributed by atoms with Crippen molar-refractivity contribution in [2.45, 2.75) is 45.7 Å². The van der Waals surface area contributed by atoms with E-state index < -0.39 is 5.60 Å². The molecule has 0 heterocycles. The second-order valence-corrected chi connectivity index (χ2v) is 3.20. The SMILES string of the molecule is C[B]OC(C)CC(C)(C)O.